The number of carbonyl (C=O) groups excluding carboxylic acids is 3. The molecule has 0 spiro atoms. The molecule has 0 heterocycles. The van der Waals surface area contributed by atoms with Crippen LogP contribution in [0.15, 0.2) is 23.3 Å². The van der Waals surface area contributed by atoms with Gasteiger partial charge in [0, 0.05) is 42.4 Å². The molecule has 0 bridgehead atoms. The maximum absolute atomic E-state index is 13.6. The molecule has 2 saturated carbocycles. The summed E-state index contributed by atoms with van der Waals surface area (Å²) in [6.45, 7) is 12.4. The Labute approximate surface area is 335 Å². The van der Waals surface area contributed by atoms with Gasteiger partial charge in [0.15, 0.2) is 5.78 Å². The summed E-state index contributed by atoms with van der Waals surface area (Å²) in [4.78, 5) is 39.9. The quantitative estimate of drug-likeness (QED) is 0.0486. The van der Waals surface area contributed by atoms with Crippen LogP contribution in [0, 0.1) is 29.1 Å². The summed E-state index contributed by atoms with van der Waals surface area (Å²) in [6.07, 6.45) is 31.7. The highest BCUT2D eigenvalue weighted by Gasteiger charge is 2.83. The first-order chi connectivity index (χ1) is 26.3. The molecule has 0 aliphatic heterocycles. The van der Waals surface area contributed by atoms with E-state index in [4.69, 9.17) is 9.47 Å². The Morgan fingerprint density at radius 1 is 0.709 bits per heavy atom. The highest BCUT2D eigenvalue weighted by Crippen LogP contribution is 2.76. The first-order valence-corrected chi connectivity index (χ1v) is 23.0. The van der Waals surface area contributed by atoms with Crippen LogP contribution in [0.1, 0.15) is 208 Å². The Bertz CT molecular complexity index is 1310. The molecule has 2 N–H and O–H groups in total. The lowest BCUT2D eigenvalue weighted by Gasteiger charge is -2.50. The highest BCUT2D eigenvalue weighted by molar-refractivity contribution is 6.04. The van der Waals surface area contributed by atoms with E-state index in [-0.39, 0.29) is 42.6 Å². The second kappa shape index (κ2) is 21.1. The molecule has 0 amide bonds. The Morgan fingerprint density at radius 2 is 1.16 bits per heavy atom. The third-order valence-corrected chi connectivity index (χ3v) is 14.4. The zero-order chi connectivity index (χ0) is 40.1. The van der Waals surface area contributed by atoms with Crippen molar-refractivity contribution in [3.05, 3.63) is 23.3 Å². The molecule has 0 aromatic rings. The first-order valence-electron chi connectivity index (χ1n) is 23.0. The summed E-state index contributed by atoms with van der Waals surface area (Å²) < 4.78 is 12.3. The summed E-state index contributed by atoms with van der Waals surface area (Å²) in [6, 6.07) is 0. The van der Waals surface area contributed by atoms with Crippen molar-refractivity contribution in [3.8, 4) is 0 Å². The smallest absolute Gasteiger partial charge is 0.306 e. The van der Waals surface area contributed by atoms with Crippen molar-refractivity contribution in [1.29, 1.82) is 0 Å². The van der Waals surface area contributed by atoms with Crippen molar-refractivity contribution in [3.63, 3.8) is 0 Å². The summed E-state index contributed by atoms with van der Waals surface area (Å²) >= 11 is 0. The SMILES string of the molecule is CCCCCCCCCCCCCCCC(=O)O[C@@]12C[C@@H](C)[C@@]3(O)[C@@H](C=C(COC(=O)CCCCCCCCCCC)C[C@]4(O)C(=O)C(C)=C[C@@H]34)[C@@H]1C2(C)C. The van der Waals surface area contributed by atoms with E-state index in [9.17, 15) is 24.6 Å². The molecular formula is C48H80O7. The molecule has 0 aromatic heterocycles. The number of esters is 2. The number of ether oxygens (including phenoxy) is 2. The highest BCUT2D eigenvalue weighted by atomic mass is 16.6. The number of fused-ring (bicyclic) bond motifs is 5. The second-order valence-corrected chi connectivity index (χ2v) is 18.9. The summed E-state index contributed by atoms with van der Waals surface area (Å²) in [7, 11) is 0. The van der Waals surface area contributed by atoms with Crippen molar-refractivity contribution in [2.45, 2.75) is 225 Å². The Kier molecular flexibility index (Phi) is 17.6. The van der Waals surface area contributed by atoms with Crippen molar-refractivity contribution in [1.82, 2.24) is 0 Å². The van der Waals surface area contributed by atoms with Gasteiger partial charge >= 0.3 is 11.9 Å². The standard InChI is InChI=1S/C48H80O7/c1-7-9-11-13-15-17-18-19-20-22-24-26-28-30-42(50)55-47-33-37(4)48(53)39(43(47)45(47,5)6)32-38(34-46(52)40(48)31-36(3)44(46)51)35-54-41(49)29-27-25-23-21-16-14-12-10-8-2/h31-32,37,39-40,43,52-53H,7-30,33-35H2,1-6H3/t37-,39+,40-,43-,46-,47+,48-/m1/s1. The van der Waals surface area contributed by atoms with E-state index in [1.54, 1.807) is 13.0 Å². The fourth-order valence-corrected chi connectivity index (χ4v) is 11.0. The number of carbonyl (C=O) groups is 3. The summed E-state index contributed by atoms with van der Waals surface area (Å²) in [5.74, 6) is -2.69. The third kappa shape index (κ3) is 10.9. The van der Waals surface area contributed by atoms with Crippen LogP contribution in [0.3, 0.4) is 0 Å². The van der Waals surface area contributed by atoms with Gasteiger partial charge in [-0.15, -0.1) is 0 Å². The van der Waals surface area contributed by atoms with Gasteiger partial charge < -0.3 is 19.7 Å². The van der Waals surface area contributed by atoms with Gasteiger partial charge in [0.05, 0.1) is 5.60 Å². The number of rotatable bonds is 27. The van der Waals surface area contributed by atoms with Gasteiger partial charge in [-0.25, -0.2) is 0 Å². The van der Waals surface area contributed by atoms with Crippen molar-refractivity contribution in [2.75, 3.05) is 6.61 Å². The van der Waals surface area contributed by atoms with E-state index in [0.717, 1.165) is 38.5 Å². The van der Waals surface area contributed by atoms with Gasteiger partial charge in [0.2, 0.25) is 0 Å². The minimum atomic E-state index is -1.82. The number of unbranched alkanes of at least 4 members (excludes halogenated alkanes) is 20. The van der Waals surface area contributed by atoms with Crippen LogP contribution in [-0.4, -0.2) is 51.3 Å². The topological polar surface area (TPSA) is 110 Å². The van der Waals surface area contributed by atoms with Crippen LogP contribution >= 0.6 is 0 Å². The maximum atomic E-state index is 13.6. The van der Waals surface area contributed by atoms with Crippen molar-refractivity contribution < 1.29 is 34.1 Å². The molecule has 4 aliphatic rings. The molecule has 2 fully saturated rings. The van der Waals surface area contributed by atoms with Gasteiger partial charge in [-0.3, -0.25) is 14.4 Å². The zero-order valence-corrected chi connectivity index (χ0v) is 36.0. The number of hydrogen-bond acceptors (Lipinski definition) is 7. The van der Waals surface area contributed by atoms with E-state index in [1.807, 2.05) is 13.0 Å². The van der Waals surface area contributed by atoms with Gasteiger partial charge in [-0.1, -0.05) is 175 Å². The maximum Gasteiger partial charge on any atom is 0.306 e. The number of hydrogen-bond donors (Lipinski definition) is 2. The fraction of sp³-hybridized carbons (Fsp3) is 0.854. The van der Waals surface area contributed by atoms with Gasteiger partial charge in [-0.05, 0) is 43.3 Å². The van der Waals surface area contributed by atoms with Crippen LogP contribution in [0.4, 0.5) is 0 Å². The molecule has 0 unspecified atom stereocenters. The van der Waals surface area contributed by atoms with Crippen LogP contribution in [0.5, 0.6) is 0 Å². The predicted molar refractivity (Wildman–Crippen MR) is 221 cm³/mol. The van der Waals surface area contributed by atoms with Crippen LogP contribution in [-0.2, 0) is 23.9 Å². The lowest BCUT2D eigenvalue weighted by atomic mass is 9.60. The number of aliphatic hydroxyl groups is 2. The first kappa shape index (κ1) is 45.7. The number of Topliss-reactive ketones (excluding diaryl/α,β-unsaturated/α-hetero) is 1. The van der Waals surface area contributed by atoms with E-state index in [1.165, 1.54) is 103 Å². The summed E-state index contributed by atoms with van der Waals surface area (Å²) in [5.41, 5.74) is -3.31. The van der Waals surface area contributed by atoms with E-state index in [0.29, 0.717) is 30.4 Å². The van der Waals surface area contributed by atoms with Gasteiger partial charge in [-0.2, -0.15) is 0 Å². The molecule has 0 saturated heterocycles. The average molecular weight is 769 g/mol. The molecule has 4 aliphatic carbocycles. The van der Waals surface area contributed by atoms with Gasteiger partial charge in [0.25, 0.3) is 0 Å². The predicted octanol–water partition coefficient (Wildman–Crippen LogP) is 11.5. The molecule has 314 valence electrons. The molecule has 0 aromatic carbocycles. The van der Waals surface area contributed by atoms with E-state index < -0.39 is 34.1 Å². The van der Waals surface area contributed by atoms with Crippen LogP contribution in [0.25, 0.3) is 0 Å². The third-order valence-electron chi connectivity index (χ3n) is 14.4. The van der Waals surface area contributed by atoms with E-state index in [2.05, 4.69) is 27.7 Å². The lowest BCUT2D eigenvalue weighted by molar-refractivity contribution is -0.187. The molecule has 7 atom stereocenters. The van der Waals surface area contributed by atoms with Crippen molar-refractivity contribution in [2.24, 2.45) is 29.1 Å². The normalized spacial score (nSPS) is 30.4. The zero-order valence-electron chi connectivity index (χ0n) is 36.0. The molecule has 4 rings (SSSR count). The molecule has 7 nitrogen and oxygen atoms in total. The van der Waals surface area contributed by atoms with Crippen LogP contribution < -0.4 is 0 Å². The van der Waals surface area contributed by atoms with Gasteiger partial charge in [0.1, 0.15) is 17.8 Å². The molecule has 55 heavy (non-hydrogen) atoms. The average Bonchev–Trinajstić information content (AvgIpc) is 3.55. The minimum absolute atomic E-state index is 0.000163. The number of ketones is 1. The minimum Gasteiger partial charge on any atom is -0.461 e. The monoisotopic (exact) mass is 769 g/mol. The Morgan fingerprint density at radius 3 is 1.65 bits per heavy atom. The van der Waals surface area contributed by atoms with E-state index >= 15 is 0 Å². The molecule has 7 heteroatoms. The molecular weight excluding hydrogens is 689 g/mol. The van der Waals surface area contributed by atoms with Crippen molar-refractivity contribution >= 4 is 17.7 Å². The largest absolute Gasteiger partial charge is 0.461 e. The fourth-order valence-electron chi connectivity index (χ4n) is 11.0. The molecule has 0 radical (unpaired) electrons. The summed E-state index contributed by atoms with van der Waals surface area (Å²) in [5, 5.41) is 25.0. The lowest BCUT2D eigenvalue weighted by Crippen LogP contribution is -2.61. The Balaban J connectivity index is 1.32. The second-order valence-electron chi connectivity index (χ2n) is 18.9. The van der Waals surface area contributed by atoms with Crippen LogP contribution in [0.2, 0.25) is 0 Å². The Hall–Kier alpha value is -1.99.